The van der Waals surface area contributed by atoms with E-state index >= 15 is 0 Å². The van der Waals surface area contributed by atoms with Gasteiger partial charge < -0.3 is 39.0 Å². The second-order valence-corrected chi connectivity index (χ2v) is 24.6. The van der Waals surface area contributed by atoms with E-state index in [0.29, 0.717) is 55.1 Å². The van der Waals surface area contributed by atoms with E-state index in [1.54, 1.807) is 89.3 Å². The van der Waals surface area contributed by atoms with Crippen LogP contribution in [-0.4, -0.2) is 77.8 Å². The number of furan rings is 2. The smallest absolute Gasteiger partial charge is 0.486 e. The van der Waals surface area contributed by atoms with Gasteiger partial charge in [-0.2, -0.15) is 21.6 Å². The van der Waals surface area contributed by atoms with Crippen LogP contribution in [0.2, 0.25) is 0 Å². The SMILES string of the molecule is CO.CO.Cc1cnc(-c2[c-]cccc2)cc1C.O=S(=O)(O)C(F)(F)F.[2H]C([2H])([2H])c1ccc2c(n1)oc1c(-c3cc(C([2H])([2H])[2H])c(C([2H])([2H])C(C)C)cn3)[c-]ccc12.[2H]C([2H])([2H])c1ccc2c(n1)oc1c(-c3cc(C([2H])([2H])[2H])c(C([2H])([2H])C(C)C)cn3)cccc12.[2H]C([2H])([2H])c1cnc(-c2[c-]cccc2)cc1C.[2H]Cc1cnc(-c2[c-]cccc2)cc1C.[Ir].[Ir]. The number of aliphatic hydroxyl groups is 2. The molecule has 14 rings (SSSR count). The number of alkyl halides is 3. The first-order valence-electron chi connectivity index (χ1n) is 42.0. The molecule has 9 aromatic heterocycles. The van der Waals surface area contributed by atoms with Crippen molar-refractivity contribution in [3.63, 3.8) is 0 Å². The number of aromatic nitrogens is 7. The fraction of sp³-hybridized carbons (Fsp3) is 0.244. The van der Waals surface area contributed by atoms with Crippen LogP contribution in [0.1, 0.15) is 122 Å². The summed E-state index contributed by atoms with van der Waals surface area (Å²) in [6.45, 7) is 3.02. The first-order chi connectivity index (χ1) is 57.7. The van der Waals surface area contributed by atoms with Crippen molar-refractivity contribution in [1.29, 1.82) is 0 Å². The number of nitrogens with zero attached hydrogens (tertiary/aromatic N) is 7. The average molecular weight is 1830 g/mol. The van der Waals surface area contributed by atoms with Crippen molar-refractivity contribution in [1.82, 2.24) is 34.9 Å². The zero-order chi connectivity index (χ0) is 92.8. The number of aliphatic hydroxyl groups excluding tert-OH is 2. The number of rotatable bonds is 9. The van der Waals surface area contributed by atoms with Crippen molar-refractivity contribution in [2.75, 3.05) is 14.2 Å². The van der Waals surface area contributed by atoms with Crippen molar-refractivity contribution < 1.29 is 113 Å². The second-order valence-electron chi connectivity index (χ2n) is 23.2. The summed E-state index contributed by atoms with van der Waals surface area (Å²) in [6.07, 6.45) is 3.89. The van der Waals surface area contributed by atoms with Crippen LogP contribution in [0.4, 0.5) is 13.2 Å². The first kappa shape index (κ1) is 60.8. The van der Waals surface area contributed by atoms with Gasteiger partial charge >= 0.3 is 15.6 Å². The zero-order valence-electron chi connectivity index (χ0n) is 79.1. The second kappa shape index (κ2) is 41.0. The van der Waals surface area contributed by atoms with Crippen LogP contribution in [0.3, 0.4) is 0 Å². The van der Waals surface area contributed by atoms with Crippen LogP contribution >= 0.6 is 0 Å². The largest absolute Gasteiger partial charge is 0.522 e. The molecule has 0 unspecified atom stereocenters. The maximum absolute atomic E-state index is 10.7. The van der Waals surface area contributed by atoms with Crippen molar-refractivity contribution in [2.24, 2.45) is 11.8 Å². The number of fused-ring (bicyclic) bond motifs is 6. The predicted octanol–water partition coefficient (Wildman–Crippen LogP) is 20.6. The van der Waals surface area contributed by atoms with E-state index < -0.39 is 74.5 Å². The Labute approximate surface area is 675 Å². The zero-order valence-corrected chi connectivity index (χ0v) is 64.7. The maximum Gasteiger partial charge on any atom is 0.522 e. The average Bonchev–Trinajstić information content (AvgIpc) is 1.56. The Morgan fingerprint density at radius 2 is 0.858 bits per heavy atom. The van der Waals surface area contributed by atoms with Crippen LogP contribution in [0.25, 0.3) is 100 Å². The molecular formula is C86H88F3Ir2N7O7S-4. The molecule has 2 radical (unpaired) electrons. The summed E-state index contributed by atoms with van der Waals surface area (Å²) in [4.78, 5) is 29.9. The Hall–Kier alpha value is -9.33. The molecule has 0 aliphatic rings. The van der Waals surface area contributed by atoms with E-state index in [1.807, 2.05) is 92.0 Å². The summed E-state index contributed by atoms with van der Waals surface area (Å²) in [7, 11) is -3.84. The molecule has 558 valence electrons. The van der Waals surface area contributed by atoms with E-state index in [1.165, 1.54) is 54.0 Å². The number of halogens is 3. The number of benzene rings is 5. The molecule has 14 aromatic rings. The molecular weight excluding hydrogens is 1720 g/mol. The van der Waals surface area contributed by atoms with E-state index in [2.05, 4.69) is 79.1 Å². The molecule has 0 spiro atoms. The Balaban J connectivity index is 0.000000280. The van der Waals surface area contributed by atoms with E-state index in [4.69, 9.17) is 59.4 Å². The van der Waals surface area contributed by atoms with Crippen LogP contribution in [0.5, 0.6) is 0 Å². The normalized spacial score (nSPS) is 14.4. The topological polar surface area (TPSA) is 211 Å². The number of para-hydroxylation sites is 1. The minimum Gasteiger partial charge on any atom is -0.486 e. The Kier molecular flexibility index (Phi) is 23.5. The van der Waals surface area contributed by atoms with Gasteiger partial charge in [0.2, 0.25) is 11.4 Å². The van der Waals surface area contributed by atoms with Gasteiger partial charge in [-0.25, -0.2) is 9.97 Å². The fourth-order valence-electron chi connectivity index (χ4n) is 9.60. The van der Waals surface area contributed by atoms with Gasteiger partial charge in [0.1, 0.15) is 5.58 Å². The standard InChI is InChI=1S/C22H22N2O.C22H21N2O.3C13H12N.CHF3O3S.2CH4O.2Ir/c2*1-13(2)10-16-12-23-20(11-14(16)3)19-7-5-6-17-18-9-8-15(4)24-22(18)25-21(17)19;3*1-10-8-13(14-9-11(10)2)12-6-4-3-5-7-12;2-1(3,4)8(5,6)7;2*1-2;;/h5-9,11-13H,10H2,1-4H3;5-6,8-9,11-13H,10H2,1-4H3;3*3-6,8-9H,1-2H3;(H,5,6,7);2*2H,1H3;;/q;4*-1;;;;;/i2*3D3,4D3,10D2;2D3;2D;;;;;;. The van der Waals surface area contributed by atoms with E-state index in [9.17, 15) is 13.2 Å². The van der Waals surface area contributed by atoms with Gasteiger partial charge in [0.25, 0.3) is 0 Å². The quantitative estimate of drug-likeness (QED) is 0.0697. The van der Waals surface area contributed by atoms with Gasteiger partial charge in [0.15, 0.2) is 0 Å². The minimum atomic E-state index is -5.84. The predicted molar refractivity (Wildman–Crippen MR) is 412 cm³/mol. The molecule has 106 heavy (non-hydrogen) atoms. The summed E-state index contributed by atoms with van der Waals surface area (Å²) >= 11 is 0. The van der Waals surface area contributed by atoms with Crippen LogP contribution in [0.15, 0.2) is 198 Å². The molecule has 0 saturated carbocycles. The summed E-state index contributed by atoms with van der Waals surface area (Å²) in [5.74, 6) is -0.918. The molecule has 0 aliphatic carbocycles. The molecule has 0 fully saturated rings. The van der Waals surface area contributed by atoms with Crippen molar-refractivity contribution >= 4 is 54.3 Å². The summed E-state index contributed by atoms with van der Waals surface area (Å²) in [5, 5.41) is 16.6. The molecule has 9 heterocycles. The van der Waals surface area contributed by atoms with Gasteiger partial charge in [-0.05, 0) is 186 Å². The molecule has 3 N–H and O–H groups in total. The number of aryl methyl sites for hydroxylation is 10. The molecule has 5 aromatic carbocycles. The monoisotopic (exact) mass is 1830 g/mol. The van der Waals surface area contributed by atoms with Gasteiger partial charge in [0.05, 0.1) is 11.3 Å². The fourth-order valence-corrected chi connectivity index (χ4v) is 9.60. The molecule has 20 heteroatoms. The minimum absolute atomic E-state index is 0. The van der Waals surface area contributed by atoms with E-state index in [0.717, 1.165) is 64.7 Å². The summed E-state index contributed by atoms with van der Waals surface area (Å²) < 4.78 is 226. The number of hydrogen-bond donors (Lipinski definition) is 3. The van der Waals surface area contributed by atoms with Gasteiger partial charge in [-0.3, -0.25) is 9.54 Å². The Morgan fingerprint density at radius 1 is 0.453 bits per heavy atom. The van der Waals surface area contributed by atoms with Gasteiger partial charge in [0, 0.05) is 146 Å². The van der Waals surface area contributed by atoms with Gasteiger partial charge in [-0.15, -0.1) is 126 Å². The molecule has 0 amide bonds. The molecule has 0 bridgehead atoms. The maximum atomic E-state index is 10.7. The summed E-state index contributed by atoms with van der Waals surface area (Å²) in [6, 6.07) is 59.0. The molecule has 0 atom stereocenters. The van der Waals surface area contributed by atoms with Crippen LogP contribution in [-0.2, 0) is 63.1 Å². The number of pyridine rings is 7. The van der Waals surface area contributed by atoms with Crippen LogP contribution < -0.4 is 0 Å². The molecule has 14 nitrogen and oxygen atoms in total. The van der Waals surface area contributed by atoms with Crippen LogP contribution in [0, 0.1) is 105 Å². The van der Waals surface area contributed by atoms with E-state index in [-0.39, 0.29) is 97.9 Å². The summed E-state index contributed by atoms with van der Waals surface area (Å²) in [5.41, 5.74) is 7.78. The number of hydrogen-bond acceptors (Lipinski definition) is 13. The third kappa shape index (κ3) is 23.8. The third-order valence-electron chi connectivity index (χ3n) is 14.8. The van der Waals surface area contributed by atoms with Gasteiger partial charge in [-0.1, -0.05) is 97.3 Å². The third-order valence-corrected chi connectivity index (χ3v) is 15.4. The van der Waals surface area contributed by atoms with Crippen molar-refractivity contribution in [2.45, 2.75) is 115 Å². The Bertz CT molecular complexity index is 5880. The molecule has 0 aliphatic heterocycles. The molecule has 0 saturated heterocycles. The van der Waals surface area contributed by atoms with Crippen molar-refractivity contribution in [3.05, 3.63) is 280 Å². The van der Waals surface area contributed by atoms with Crippen molar-refractivity contribution in [3.8, 4) is 56.3 Å². The Morgan fingerprint density at radius 3 is 1.26 bits per heavy atom. The first-order valence-corrected chi connectivity index (χ1v) is 33.3.